The lowest BCUT2D eigenvalue weighted by molar-refractivity contribution is -0.885. The van der Waals surface area contributed by atoms with Gasteiger partial charge in [0.15, 0.2) is 6.54 Å². The van der Waals surface area contributed by atoms with Crippen molar-refractivity contribution in [2.75, 3.05) is 18.9 Å². The summed E-state index contributed by atoms with van der Waals surface area (Å²) < 4.78 is 13.5. The molecule has 0 aliphatic heterocycles. The number of likely N-dealkylation sites (N-methyl/N-ethyl adjacent to an activating group) is 1. The third-order valence-corrected chi connectivity index (χ3v) is 3.24. The van der Waals surface area contributed by atoms with Gasteiger partial charge in [-0.05, 0) is 19.1 Å². The number of benzene rings is 2. The molecule has 1 amide bonds. The lowest BCUT2D eigenvalue weighted by Crippen LogP contribution is -3.08. The number of hydrogen-bond acceptors (Lipinski definition) is 1. The van der Waals surface area contributed by atoms with Crippen molar-refractivity contribution in [2.45, 2.75) is 13.5 Å². The fourth-order valence-corrected chi connectivity index (χ4v) is 2.15. The third kappa shape index (κ3) is 4.68. The van der Waals surface area contributed by atoms with Gasteiger partial charge >= 0.3 is 0 Å². The Labute approximate surface area is 124 Å². The molecule has 0 bridgehead atoms. The van der Waals surface area contributed by atoms with Gasteiger partial charge in [-0.3, -0.25) is 4.79 Å². The number of anilines is 1. The van der Waals surface area contributed by atoms with Gasteiger partial charge in [-0.2, -0.15) is 0 Å². The maximum Gasteiger partial charge on any atom is 0.279 e. The molecule has 2 rings (SSSR count). The summed E-state index contributed by atoms with van der Waals surface area (Å²) in [6, 6.07) is 14.4. The van der Waals surface area contributed by atoms with Gasteiger partial charge in [-0.15, -0.1) is 0 Å². The lowest BCUT2D eigenvalue weighted by atomic mass is 10.1. The largest absolute Gasteiger partial charge is 0.326 e. The van der Waals surface area contributed by atoms with E-state index in [9.17, 15) is 9.18 Å². The van der Waals surface area contributed by atoms with Crippen LogP contribution in [-0.4, -0.2) is 19.5 Å². The molecule has 0 saturated carbocycles. The average molecular weight is 287 g/mol. The summed E-state index contributed by atoms with van der Waals surface area (Å²) >= 11 is 0. The number of carbonyl (C=O) groups is 1. The lowest BCUT2D eigenvalue weighted by Gasteiger charge is -2.14. The Morgan fingerprint density at radius 1 is 1.14 bits per heavy atom. The van der Waals surface area contributed by atoms with Crippen LogP contribution in [-0.2, 0) is 11.3 Å². The van der Waals surface area contributed by atoms with E-state index in [0.717, 1.165) is 11.4 Å². The minimum Gasteiger partial charge on any atom is -0.326 e. The fourth-order valence-electron chi connectivity index (χ4n) is 2.15. The number of amides is 1. The number of para-hydroxylation sites is 1. The zero-order valence-corrected chi connectivity index (χ0v) is 12.3. The number of quaternary nitrogens is 1. The van der Waals surface area contributed by atoms with Gasteiger partial charge in [-0.1, -0.05) is 42.0 Å². The van der Waals surface area contributed by atoms with E-state index in [1.54, 1.807) is 18.2 Å². The number of hydrogen-bond donors (Lipinski definition) is 2. The first kappa shape index (κ1) is 15.2. The molecule has 0 aromatic heterocycles. The van der Waals surface area contributed by atoms with Crippen LogP contribution in [0.15, 0.2) is 48.5 Å². The molecule has 1 atom stereocenters. The van der Waals surface area contributed by atoms with Gasteiger partial charge < -0.3 is 10.2 Å². The summed E-state index contributed by atoms with van der Waals surface area (Å²) in [5.74, 6) is -0.605. The summed E-state index contributed by atoms with van der Waals surface area (Å²) in [7, 11) is 1.95. The van der Waals surface area contributed by atoms with Gasteiger partial charge in [0.2, 0.25) is 0 Å². The molecule has 2 aromatic carbocycles. The van der Waals surface area contributed by atoms with Crippen LogP contribution in [0.3, 0.4) is 0 Å². The smallest absolute Gasteiger partial charge is 0.279 e. The SMILES string of the molecule is Cc1ccc(C[NH+](C)CC(=O)Nc2ccccc2F)cc1. The first-order chi connectivity index (χ1) is 10.0. The minimum absolute atomic E-state index is 0.190. The zero-order valence-electron chi connectivity index (χ0n) is 12.3. The van der Waals surface area contributed by atoms with Crippen molar-refractivity contribution in [1.82, 2.24) is 0 Å². The van der Waals surface area contributed by atoms with Crippen molar-refractivity contribution in [3.8, 4) is 0 Å². The van der Waals surface area contributed by atoms with Crippen molar-refractivity contribution in [2.24, 2.45) is 0 Å². The second-order valence-corrected chi connectivity index (χ2v) is 5.32. The van der Waals surface area contributed by atoms with E-state index in [2.05, 4.69) is 29.6 Å². The molecule has 0 fully saturated rings. The van der Waals surface area contributed by atoms with E-state index < -0.39 is 5.82 Å². The van der Waals surface area contributed by atoms with E-state index in [-0.39, 0.29) is 11.6 Å². The molecule has 0 saturated heterocycles. The predicted octanol–water partition coefficient (Wildman–Crippen LogP) is 1.79. The highest BCUT2D eigenvalue weighted by atomic mass is 19.1. The van der Waals surface area contributed by atoms with Crippen LogP contribution in [0.1, 0.15) is 11.1 Å². The van der Waals surface area contributed by atoms with E-state index in [1.807, 2.05) is 14.0 Å². The maximum absolute atomic E-state index is 13.5. The number of rotatable bonds is 5. The van der Waals surface area contributed by atoms with Crippen LogP contribution in [0.25, 0.3) is 0 Å². The normalized spacial score (nSPS) is 12.0. The number of nitrogens with one attached hydrogen (secondary N) is 2. The van der Waals surface area contributed by atoms with E-state index in [0.29, 0.717) is 6.54 Å². The molecule has 0 heterocycles. The Morgan fingerprint density at radius 2 is 1.81 bits per heavy atom. The monoisotopic (exact) mass is 287 g/mol. The molecule has 4 heteroatoms. The minimum atomic E-state index is -0.415. The Hall–Kier alpha value is -2.20. The Kier molecular flexibility index (Phi) is 5.06. The second-order valence-electron chi connectivity index (χ2n) is 5.32. The molecule has 21 heavy (non-hydrogen) atoms. The van der Waals surface area contributed by atoms with Gasteiger partial charge in [0.05, 0.1) is 12.7 Å². The maximum atomic E-state index is 13.5. The Bertz CT molecular complexity index is 610. The summed E-state index contributed by atoms with van der Waals surface area (Å²) in [6.07, 6.45) is 0. The molecule has 2 N–H and O–H groups in total. The zero-order chi connectivity index (χ0) is 15.2. The van der Waals surface area contributed by atoms with Crippen molar-refractivity contribution >= 4 is 11.6 Å². The van der Waals surface area contributed by atoms with Crippen LogP contribution in [0.4, 0.5) is 10.1 Å². The van der Waals surface area contributed by atoms with E-state index in [4.69, 9.17) is 0 Å². The molecule has 3 nitrogen and oxygen atoms in total. The standard InChI is InChI=1S/C17H19FN2O/c1-13-7-9-14(10-8-13)11-20(2)12-17(21)19-16-6-4-3-5-15(16)18/h3-10H,11-12H2,1-2H3,(H,19,21)/p+1. The van der Waals surface area contributed by atoms with Crippen LogP contribution < -0.4 is 10.2 Å². The third-order valence-electron chi connectivity index (χ3n) is 3.24. The summed E-state index contributed by atoms with van der Waals surface area (Å²) in [6.45, 7) is 3.09. The predicted molar refractivity (Wildman–Crippen MR) is 81.7 cm³/mol. The van der Waals surface area contributed by atoms with Gasteiger partial charge in [0, 0.05) is 5.56 Å². The Balaban J connectivity index is 1.87. The number of aryl methyl sites for hydroxylation is 1. The van der Waals surface area contributed by atoms with E-state index >= 15 is 0 Å². The topological polar surface area (TPSA) is 33.5 Å². The van der Waals surface area contributed by atoms with Crippen LogP contribution >= 0.6 is 0 Å². The molecular formula is C17H20FN2O+. The summed E-state index contributed by atoms with van der Waals surface area (Å²) in [4.78, 5) is 13.0. The number of halogens is 1. The van der Waals surface area contributed by atoms with Crippen molar-refractivity contribution in [3.63, 3.8) is 0 Å². The highest BCUT2D eigenvalue weighted by molar-refractivity contribution is 5.91. The van der Waals surface area contributed by atoms with E-state index in [1.165, 1.54) is 17.2 Å². The highest BCUT2D eigenvalue weighted by Gasteiger charge is 2.12. The summed E-state index contributed by atoms with van der Waals surface area (Å²) in [5.41, 5.74) is 2.62. The second kappa shape index (κ2) is 6.99. The molecule has 110 valence electrons. The molecule has 2 aromatic rings. The molecule has 0 spiro atoms. The molecule has 1 unspecified atom stereocenters. The van der Waals surface area contributed by atoms with Crippen molar-refractivity contribution in [3.05, 3.63) is 65.5 Å². The first-order valence-electron chi connectivity index (χ1n) is 6.96. The first-order valence-corrected chi connectivity index (χ1v) is 6.96. The van der Waals surface area contributed by atoms with Crippen LogP contribution in [0.5, 0.6) is 0 Å². The number of carbonyl (C=O) groups excluding carboxylic acids is 1. The summed E-state index contributed by atoms with van der Waals surface area (Å²) in [5, 5.41) is 2.60. The van der Waals surface area contributed by atoms with Crippen LogP contribution in [0, 0.1) is 12.7 Å². The highest BCUT2D eigenvalue weighted by Crippen LogP contribution is 2.11. The quantitative estimate of drug-likeness (QED) is 0.863. The fraction of sp³-hybridized carbons (Fsp3) is 0.235. The van der Waals surface area contributed by atoms with Crippen molar-refractivity contribution < 1.29 is 14.1 Å². The molecule has 0 radical (unpaired) electrons. The molecule has 0 aliphatic carbocycles. The van der Waals surface area contributed by atoms with Gasteiger partial charge in [0.25, 0.3) is 5.91 Å². The van der Waals surface area contributed by atoms with Gasteiger partial charge in [0.1, 0.15) is 12.4 Å². The molecular weight excluding hydrogens is 267 g/mol. The van der Waals surface area contributed by atoms with Crippen LogP contribution in [0.2, 0.25) is 0 Å². The van der Waals surface area contributed by atoms with Gasteiger partial charge in [-0.25, -0.2) is 4.39 Å². The Morgan fingerprint density at radius 3 is 2.48 bits per heavy atom. The average Bonchev–Trinajstić information content (AvgIpc) is 2.44. The van der Waals surface area contributed by atoms with Crippen molar-refractivity contribution in [1.29, 1.82) is 0 Å². The molecule has 0 aliphatic rings.